The molecule has 0 heterocycles. The molecule has 0 aliphatic rings. The van der Waals surface area contributed by atoms with Gasteiger partial charge < -0.3 is 15.9 Å². The quantitative estimate of drug-likeness (QED) is 0.600. The van der Waals surface area contributed by atoms with Crippen molar-refractivity contribution in [1.82, 2.24) is 0 Å². The van der Waals surface area contributed by atoms with Crippen molar-refractivity contribution >= 4 is 5.97 Å². The van der Waals surface area contributed by atoms with E-state index in [9.17, 15) is 4.79 Å². The van der Waals surface area contributed by atoms with Gasteiger partial charge in [-0.25, -0.2) is 4.79 Å². The average molecular weight is 167 g/mol. The van der Waals surface area contributed by atoms with E-state index in [1.807, 2.05) is 0 Å². The molecule has 0 atom stereocenters. The number of aromatic hydroxyl groups is 1. The standard InChI is InChI=1S/C8H9NO3/c9-4-5-2-1-3-6(10)7(5)8(11)12/h1-3,10H,4,9H2,(H,11,12). The van der Waals surface area contributed by atoms with Crippen LogP contribution in [-0.4, -0.2) is 16.2 Å². The van der Waals surface area contributed by atoms with E-state index in [-0.39, 0.29) is 17.9 Å². The zero-order valence-corrected chi connectivity index (χ0v) is 6.32. The van der Waals surface area contributed by atoms with Crippen LogP contribution in [0.5, 0.6) is 5.75 Å². The van der Waals surface area contributed by atoms with Crippen molar-refractivity contribution in [2.75, 3.05) is 0 Å². The number of rotatable bonds is 2. The highest BCUT2D eigenvalue weighted by Gasteiger charge is 2.12. The number of carboxylic acids is 1. The first kappa shape index (κ1) is 8.55. The van der Waals surface area contributed by atoms with Gasteiger partial charge in [-0.1, -0.05) is 12.1 Å². The van der Waals surface area contributed by atoms with Crippen LogP contribution in [0.2, 0.25) is 0 Å². The fraction of sp³-hybridized carbons (Fsp3) is 0.125. The van der Waals surface area contributed by atoms with Crippen LogP contribution in [0, 0.1) is 0 Å². The highest BCUT2D eigenvalue weighted by atomic mass is 16.4. The molecule has 0 spiro atoms. The second-order valence-electron chi connectivity index (χ2n) is 2.32. The smallest absolute Gasteiger partial charge is 0.339 e. The highest BCUT2D eigenvalue weighted by molar-refractivity contribution is 5.92. The number of phenols is 1. The molecule has 0 aliphatic carbocycles. The Hall–Kier alpha value is -1.55. The number of aromatic carboxylic acids is 1. The molecule has 64 valence electrons. The summed E-state index contributed by atoms with van der Waals surface area (Å²) in [5.41, 5.74) is 5.60. The second kappa shape index (κ2) is 3.23. The molecule has 0 aromatic heterocycles. The second-order valence-corrected chi connectivity index (χ2v) is 2.32. The summed E-state index contributed by atoms with van der Waals surface area (Å²) in [5, 5.41) is 17.8. The predicted octanol–water partition coefficient (Wildman–Crippen LogP) is 0.549. The lowest BCUT2D eigenvalue weighted by atomic mass is 10.1. The van der Waals surface area contributed by atoms with E-state index < -0.39 is 5.97 Å². The Morgan fingerprint density at radius 1 is 1.50 bits per heavy atom. The van der Waals surface area contributed by atoms with Crippen LogP contribution in [0.3, 0.4) is 0 Å². The largest absolute Gasteiger partial charge is 0.507 e. The SMILES string of the molecule is NCc1cccc(O)c1C(=O)O. The summed E-state index contributed by atoms with van der Waals surface area (Å²) in [7, 11) is 0. The number of benzene rings is 1. The Labute approximate surface area is 69.3 Å². The molecule has 1 rings (SSSR count). The van der Waals surface area contributed by atoms with Gasteiger partial charge in [0.05, 0.1) is 0 Å². The third-order valence-corrected chi connectivity index (χ3v) is 1.56. The molecule has 0 amide bonds. The van der Waals surface area contributed by atoms with Crippen LogP contribution in [0.25, 0.3) is 0 Å². The number of nitrogens with two attached hydrogens (primary N) is 1. The molecule has 0 bridgehead atoms. The predicted molar refractivity (Wildman–Crippen MR) is 43.0 cm³/mol. The summed E-state index contributed by atoms with van der Waals surface area (Å²) in [4.78, 5) is 10.6. The van der Waals surface area contributed by atoms with Crippen molar-refractivity contribution in [2.45, 2.75) is 6.54 Å². The summed E-state index contributed by atoms with van der Waals surface area (Å²) < 4.78 is 0. The van der Waals surface area contributed by atoms with E-state index in [0.29, 0.717) is 5.56 Å². The fourth-order valence-corrected chi connectivity index (χ4v) is 1.00. The summed E-state index contributed by atoms with van der Waals surface area (Å²) in [6.07, 6.45) is 0. The maximum absolute atomic E-state index is 10.6. The van der Waals surface area contributed by atoms with Crippen LogP contribution in [-0.2, 0) is 6.54 Å². The first-order valence-corrected chi connectivity index (χ1v) is 3.41. The van der Waals surface area contributed by atoms with Crippen LogP contribution in [0.15, 0.2) is 18.2 Å². The number of hydrogen-bond acceptors (Lipinski definition) is 3. The van der Waals surface area contributed by atoms with E-state index in [1.165, 1.54) is 6.07 Å². The third-order valence-electron chi connectivity index (χ3n) is 1.56. The van der Waals surface area contributed by atoms with E-state index in [2.05, 4.69) is 0 Å². The molecular formula is C8H9NO3. The molecule has 1 aromatic rings. The molecule has 1 aromatic carbocycles. The van der Waals surface area contributed by atoms with Gasteiger partial charge in [-0.15, -0.1) is 0 Å². The number of carbonyl (C=O) groups is 1. The normalized spacial score (nSPS) is 9.75. The first-order valence-electron chi connectivity index (χ1n) is 3.41. The zero-order chi connectivity index (χ0) is 9.14. The molecule has 0 saturated carbocycles. The van der Waals surface area contributed by atoms with Gasteiger partial charge in [0, 0.05) is 6.54 Å². The molecule has 0 saturated heterocycles. The summed E-state index contributed by atoms with van der Waals surface area (Å²) >= 11 is 0. The Balaban J connectivity index is 3.29. The monoisotopic (exact) mass is 167 g/mol. The Morgan fingerprint density at radius 3 is 2.58 bits per heavy atom. The molecule has 0 fully saturated rings. The van der Waals surface area contributed by atoms with Gasteiger partial charge in [-0.2, -0.15) is 0 Å². The summed E-state index contributed by atoms with van der Waals surface area (Å²) in [6, 6.07) is 4.45. The average Bonchev–Trinajstić information content (AvgIpc) is 2.03. The molecule has 4 nitrogen and oxygen atoms in total. The zero-order valence-electron chi connectivity index (χ0n) is 6.32. The van der Waals surface area contributed by atoms with Crippen LogP contribution < -0.4 is 5.73 Å². The van der Waals surface area contributed by atoms with Crippen molar-refractivity contribution in [3.63, 3.8) is 0 Å². The van der Waals surface area contributed by atoms with Crippen molar-refractivity contribution in [3.8, 4) is 5.75 Å². The summed E-state index contributed by atoms with van der Waals surface area (Å²) in [5.74, 6) is -1.40. The van der Waals surface area contributed by atoms with E-state index in [4.69, 9.17) is 15.9 Å². The van der Waals surface area contributed by atoms with Crippen LogP contribution in [0.4, 0.5) is 0 Å². The lowest BCUT2D eigenvalue weighted by Gasteiger charge is -2.04. The lowest BCUT2D eigenvalue weighted by Crippen LogP contribution is -2.06. The van der Waals surface area contributed by atoms with Gasteiger partial charge in [0.2, 0.25) is 0 Å². The van der Waals surface area contributed by atoms with E-state index >= 15 is 0 Å². The van der Waals surface area contributed by atoms with Gasteiger partial charge in [0.25, 0.3) is 0 Å². The Bertz CT molecular complexity index is 309. The number of carboxylic acid groups (broad SMARTS) is 1. The minimum atomic E-state index is -1.16. The van der Waals surface area contributed by atoms with Gasteiger partial charge >= 0.3 is 5.97 Å². The maximum Gasteiger partial charge on any atom is 0.339 e. The highest BCUT2D eigenvalue weighted by Crippen LogP contribution is 2.20. The van der Waals surface area contributed by atoms with Crippen molar-refractivity contribution in [3.05, 3.63) is 29.3 Å². The van der Waals surface area contributed by atoms with Gasteiger partial charge in [-0.05, 0) is 11.6 Å². The molecular weight excluding hydrogens is 158 g/mol. The lowest BCUT2D eigenvalue weighted by molar-refractivity contribution is 0.0692. The molecule has 4 N–H and O–H groups in total. The summed E-state index contributed by atoms with van der Waals surface area (Å²) in [6.45, 7) is 0.107. The molecule has 0 unspecified atom stereocenters. The Morgan fingerprint density at radius 2 is 2.17 bits per heavy atom. The van der Waals surface area contributed by atoms with Crippen LogP contribution in [0.1, 0.15) is 15.9 Å². The van der Waals surface area contributed by atoms with Crippen molar-refractivity contribution in [1.29, 1.82) is 0 Å². The topological polar surface area (TPSA) is 83.5 Å². The minimum Gasteiger partial charge on any atom is -0.507 e. The molecule has 12 heavy (non-hydrogen) atoms. The molecule has 0 radical (unpaired) electrons. The van der Waals surface area contributed by atoms with Gasteiger partial charge in [0.15, 0.2) is 0 Å². The maximum atomic E-state index is 10.6. The fourth-order valence-electron chi connectivity index (χ4n) is 1.00. The minimum absolute atomic E-state index is 0.107. The van der Waals surface area contributed by atoms with Gasteiger partial charge in [0.1, 0.15) is 11.3 Å². The first-order chi connectivity index (χ1) is 5.66. The van der Waals surface area contributed by atoms with Crippen LogP contribution >= 0.6 is 0 Å². The number of hydrogen-bond donors (Lipinski definition) is 3. The van der Waals surface area contributed by atoms with E-state index in [0.717, 1.165) is 0 Å². The molecule has 4 heteroatoms. The van der Waals surface area contributed by atoms with Gasteiger partial charge in [-0.3, -0.25) is 0 Å². The Kier molecular flexibility index (Phi) is 2.30. The van der Waals surface area contributed by atoms with Crippen molar-refractivity contribution in [2.24, 2.45) is 5.73 Å². The van der Waals surface area contributed by atoms with Crippen molar-refractivity contribution < 1.29 is 15.0 Å². The van der Waals surface area contributed by atoms with E-state index in [1.54, 1.807) is 12.1 Å². The molecule has 0 aliphatic heterocycles. The third kappa shape index (κ3) is 1.38.